The predicted molar refractivity (Wildman–Crippen MR) is 52.8 cm³/mol. The van der Waals surface area contributed by atoms with E-state index < -0.39 is 11.2 Å². The molecule has 1 rings (SSSR count). The van der Waals surface area contributed by atoms with Crippen LogP contribution in [0.5, 0.6) is 5.88 Å². The normalized spacial score (nSPS) is 10.9. The number of aromatic nitrogens is 2. The molecule has 0 spiro atoms. The molecule has 0 fully saturated rings. The molecule has 1 aromatic heterocycles. The topological polar surface area (TPSA) is 75.1 Å². The highest BCUT2D eigenvalue weighted by atomic mass is 16.3. The molecular weight excluding hydrogens is 184 g/mol. The second-order valence-electron chi connectivity index (χ2n) is 3.38. The number of hydrogen-bond acceptors (Lipinski definition) is 3. The molecule has 0 saturated heterocycles. The standard InChI is InChI=1S/C9H14N2O3/c1-4-6-7(12)10-9(14)11(5(2)3)8(6)13/h5,13H,4H2,1-3H3,(H,10,12,14). The number of aromatic hydroxyl groups is 1. The van der Waals surface area contributed by atoms with E-state index in [-0.39, 0.29) is 17.5 Å². The van der Waals surface area contributed by atoms with Crippen molar-refractivity contribution in [1.29, 1.82) is 0 Å². The van der Waals surface area contributed by atoms with Crippen molar-refractivity contribution in [2.45, 2.75) is 33.2 Å². The van der Waals surface area contributed by atoms with Gasteiger partial charge in [0.05, 0.1) is 5.56 Å². The highest BCUT2D eigenvalue weighted by Crippen LogP contribution is 2.14. The van der Waals surface area contributed by atoms with Crippen LogP contribution in [0.4, 0.5) is 0 Å². The molecule has 0 atom stereocenters. The van der Waals surface area contributed by atoms with Gasteiger partial charge in [0.1, 0.15) is 0 Å². The zero-order valence-corrected chi connectivity index (χ0v) is 8.50. The van der Waals surface area contributed by atoms with E-state index in [9.17, 15) is 14.7 Å². The van der Waals surface area contributed by atoms with Gasteiger partial charge in [-0.15, -0.1) is 0 Å². The van der Waals surface area contributed by atoms with E-state index in [1.165, 1.54) is 4.57 Å². The zero-order chi connectivity index (χ0) is 10.9. The van der Waals surface area contributed by atoms with Gasteiger partial charge in [0.25, 0.3) is 5.56 Å². The molecule has 0 radical (unpaired) electrons. The summed E-state index contributed by atoms with van der Waals surface area (Å²) in [6.45, 7) is 5.27. The van der Waals surface area contributed by atoms with Gasteiger partial charge in [0.15, 0.2) is 0 Å². The Hall–Kier alpha value is -1.52. The minimum Gasteiger partial charge on any atom is -0.494 e. The SMILES string of the molecule is CCc1c(O)n(C(C)C)c(=O)[nH]c1=O. The molecule has 1 aromatic rings. The number of hydrogen-bond donors (Lipinski definition) is 2. The molecule has 0 unspecified atom stereocenters. The fourth-order valence-electron chi connectivity index (χ4n) is 1.37. The monoisotopic (exact) mass is 198 g/mol. The van der Waals surface area contributed by atoms with Crippen LogP contribution >= 0.6 is 0 Å². The number of H-pyrrole nitrogens is 1. The van der Waals surface area contributed by atoms with Crippen LogP contribution in [0, 0.1) is 0 Å². The van der Waals surface area contributed by atoms with Crippen molar-refractivity contribution in [3.63, 3.8) is 0 Å². The van der Waals surface area contributed by atoms with Crippen LogP contribution in [-0.4, -0.2) is 14.7 Å². The maximum Gasteiger partial charge on any atom is 0.331 e. The van der Waals surface area contributed by atoms with Gasteiger partial charge in [-0.2, -0.15) is 0 Å². The lowest BCUT2D eigenvalue weighted by Crippen LogP contribution is -2.33. The van der Waals surface area contributed by atoms with Crippen molar-refractivity contribution >= 4 is 0 Å². The summed E-state index contributed by atoms with van der Waals surface area (Å²) in [5.74, 6) is -0.226. The molecule has 2 N–H and O–H groups in total. The average molecular weight is 198 g/mol. The summed E-state index contributed by atoms with van der Waals surface area (Å²) in [5.41, 5.74) is -0.829. The molecule has 0 aliphatic carbocycles. The van der Waals surface area contributed by atoms with Gasteiger partial charge in [-0.3, -0.25) is 14.3 Å². The van der Waals surface area contributed by atoms with E-state index in [2.05, 4.69) is 4.98 Å². The number of aromatic amines is 1. The Morgan fingerprint density at radius 2 is 2.00 bits per heavy atom. The van der Waals surface area contributed by atoms with E-state index >= 15 is 0 Å². The highest BCUT2D eigenvalue weighted by molar-refractivity contribution is 5.22. The number of rotatable bonds is 2. The van der Waals surface area contributed by atoms with Crippen molar-refractivity contribution in [1.82, 2.24) is 9.55 Å². The maximum absolute atomic E-state index is 11.3. The van der Waals surface area contributed by atoms with Gasteiger partial charge in [0, 0.05) is 6.04 Å². The Kier molecular flexibility index (Phi) is 2.78. The summed E-state index contributed by atoms with van der Waals surface area (Å²) in [6.07, 6.45) is 0.397. The Balaban J connectivity index is 3.61. The molecular formula is C9H14N2O3. The first-order valence-corrected chi connectivity index (χ1v) is 4.55. The predicted octanol–water partition coefficient (Wildman–Crippen LogP) is 0.386. The van der Waals surface area contributed by atoms with Crippen LogP contribution in [0.25, 0.3) is 0 Å². The molecule has 0 aliphatic heterocycles. The summed E-state index contributed by atoms with van der Waals surface area (Å²) in [4.78, 5) is 24.7. The Morgan fingerprint density at radius 1 is 1.43 bits per heavy atom. The van der Waals surface area contributed by atoms with Gasteiger partial charge in [-0.05, 0) is 20.3 Å². The lowest BCUT2D eigenvalue weighted by atomic mass is 10.2. The molecule has 0 aromatic carbocycles. The second-order valence-corrected chi connectivity index (χ2v) is 3.38. The van der Waals surface area contributed by atoms with Crippen molar-refractivity contribution in [3.8, 4) is 5.88 Å². The molecule has 1 heterocycles. The Morgan fingerprint density at radius 3 is 2.43 bits per heavy atom. The summed E-state index contributed by atoms with van der Waals surface area (Å²) in [5, 5.41) is 9.66. The molecule has 5 nitrogen and oxygen atoms in total. The van der Waals surface area contributed by atoms with E-state index in [0.29, 0.717) is 6.42 Å². The largest absolute Gasteiger partial charge is 0.494 e. The van der Waals surface area contributed by atoms with E-state index in [1.54, 1.807) is 20.8 Å². The van der Waals surface area contributed by atoms with Crippen molar-refractivity contribution in [3.05, 3.63) is 26.4 Å². The maximum atomic E-state index is 11.3. The minimum atomic E-state index is -0.570. The van der Waals surface area contributed by atoms with Gasteiger partial charge < -0.3 is 5.11 Å². The third kappa shape index (κ3) is 1.57. The third-order valence-electron chi connectivity index (χ3n) is 2.08. The van der Waals surface area contributed by atoms with E-state index in [0.717, 1.165) is 0 Å². The van der Waals surface area contributed by atoms with Gasteiger partial charge in [0.2, 0.25) is 5.88 Å². The zero-order valence-electron chi connectivity index (χ0n) is 8.50. The first-order valence-electron chi connectivity index (χ1n) is 4.55. The van der Waals surface area contributed by atoms with Crippen molar-refractivity contribution < 1.29 is 5.11 Å². The summed E-state index contributed by atoms with van der Waals surface area (Å²) in [6, 6.07) is -0.176. The van der Waals surface area contributed by atoms with Crippen LogP contribution in [0.2, 0.25) is 0 Å². The Labute approximate surface area is 81.0 Å². The Bertz CT molecular complexity index is 442. The molecule has 78 valence electrons. The fraction of sp³-hybridized carbons (Fsp3) is 0.556. The summed E-state index contributed by atoms with van der Waals surface area (Å²) >= 11 is 0. The molecule has 0 saturated carbocycles. The smallest absolute Gasteiger partial charge is 0.331 e. The number of nitrogens with one attached hydrogen (secondary N) is 1. The van der Waals surface area contributed by atoms with Crippen LogP contribution in [0.15, 0.2) is 9.59 Å². The lowest BCUT2D eigenvalue weighted by molar-refractivity contribution is 0.375. The highest BCUT2D eigenvalue weighted by Gasteiger charge is 2.13. The van der Waals surface area contributed by atoms with Crippen LogP contribution in [0.3, 0.4) is 0 Å². The van der Waals surface area contributed by atoms with E-state index in [1.807, 2.05) is 0 Å². The third-order valence-corrected chi connectivity index (χ3v) is 2.08. The molecule has 0 aliphatic rings. The van der Waals surface area contributed by atoms with Gasteiger partial charge in [-0.25, -0.2) is 4.79 Å². The van der Waals surface area contributed by atoms with E-state index in [4.69, 9.17) is 0 Å². The summed E-state index contributed by atoms with van der Waals surface area (Å²) in [7, 11) is 0. The minimum absolute atomic E-state index is 0.176. The van der Waals surface area contributed by atoms with Crippen LogP contribution in [-0.2, 0) is 6.42 Å². The molecule has 0 amide bonds. The first-order chi connectivity index (χ1) is 6.49. The fourth-order valence-corrected chi connectivity index (χ4v) is 1.37. The second kappa shape index (κ2) is 3.69. The average Bonchev–Trinajstić information content (AvgIpc) is 2.02. The van der Waals surface area contributed by atoms with Crippen molar-refractivity contribution in [2.24, 2.45) is 0 Å². The molecule has 5 heteroatoms. The summed E-state index contributed by atoms with van der Waals surface area (Å²) < 4.78 is 1.17. The van der Waals surface area contributed by atoms with Crippen LogP contribution < -0.4 is 11.2 Å². The number of nitrogens with zero attached hydrogens (tertiary/aromatic N) is 1. The van der Waals surface area contributed by atoms with Gasteiger partial charge >= 0.3 is 5.69 Å². The molecule has 14 heavy (non-hydrogen) atoms. The first kappa shape index (κ1) is 10.6. The lowest BCUT2D eigenvalue weighted by Gasteiger charge is -2.13. The van der Waals surface area contributed by atoms with Gasteiger partial charge in [-0.1, -0.05) is 6.92 Å². The van der Waals surface area contributed by atoms with Crippen LogP contribution in [0.1, 0.15) is 32.4 Å². The molecule has 0 bridgehead atoms. The van der Waals surface area contributed by atoms with Crippen molar-refractivity contribution in [2.75, 3.05) is 0 Å². The quantitative estimate of drug-likeness (QED) is 0.721.